The van der Waals surface area contributed by atoms with E-state index in [2.05, 4.69) is 193 Å². The maximum absolute atomic E-state index is 6.34. The Morgan fingerprint density at radius 3 is 1.42 bits per heavy atom. The minimum atomic E-state index is 0.877. The molecule has 0 aliphatic heterocycles. The average molecular weight is 664 g/mol. The molecule has 9 aromatic carbocycles. The number of rotatable bonds is 6. The van der Waals surface area contributed by atoms with E-state index < -0.39 is 0 Å². The van der Waals surface area contributed by atoms with Gasteiger partial charge in [0.2, 0.25) is 0 Å². The molecule has 0 saturated heterocycles. The Bertz CT molecular complexity index is 2890. The van der Waals surface area contributed by atoms with Gasteiger partial charge in [0.05, 0.1) is 11.1 Å². The monoisotopic (exact) mass is 663 g/mol. The molecule has 0 amide bonds. The fourth-order valence-electron chi connectivity index (χ4n) is 7.59. The summed E-state index contributed by atoms with van der Waals surface area (Å²) in [6.07, 6.45) is 0. The number of hydrogen-bond acceptors (Lipinski definition) is 2. The van der Waals surface area contributed by atoms with Crippen molar-refractivity contribution in [1.29, 1.82) is 0 Å². The minimum Gasteiger partial charge on any atom is -0.456 e. The van der Waals surface area contributed by atoms with E-state index in [1.165, 1.54) is 54.9 Å². The number of anilines is 3. The molecule has 0 fully saturated rings. The summed E-state index contributed by atoms with van der Waals surface area (Å²) in [5.41, 5.74) is 12.3. The molecule has 10 aromatic rings. The van der Waals surface area contributed by atoms with Crippen LogP contribution in [-0.4, -0.2) is 0 Å². The van der Waals surface area contributed by atoms with Crippen LogP contribution >= 0.6 is 0 Å². The average Bonchev–Trinajstić information content (AvgIpc) is 3.61. The molecule has 0 atom stereocenters. The van der Waals surface area contributed by atoms with Crippen molar-refractivity contribution in [2.24, 2.45) is 0 Å². The zero-order valence-corrected chi connectivity index (χ0v) is 28.4. The van der Waals surface area contributed by atoms with Gasteiger partial charge in [0.25, 0.3) is 0 Å². The first-order valence-electron chi connectivity index (χ1n) is 17.7. The van der Waals surface area contributed by atoms with E-state index in [0.717, 1.165) is 39.0 Å². The lowest BCUT2D eigenvalue weighted by atomic mass is 9.96. The normalized spacial score (nSPS) is 11.5. The molecule has 0 unspecified atom stereocenters. The van der Waals surface area contributed by atoms with E-state index >= 15 is 0 Å². The van der Waals surface area contributed by atoms with Crippen LogP contribution in [-0.2, 0) is 0 Å². The third kappa shape index (κ3) is 5.30. The van der Waals surface area contributed by atoms with Crippen LogP contribution in [0.4, 0.5) is 17.1 Å². The van der Waals surface area contributed by atoms with Crippen LogP contribution in [0.25, 0.3) is 76.9 Å². The van der Waals surface area contributed by atoms with Crippen LogP contribution in [0.1, 0.15) is 0 Å². The summed E-state index contributed by atoms with van der Waals surface area (Å²) in [6.45, 7) is 0. The summed E-state index contributed by atoms with van der Waals surface area (Å²) in [5, 5.41) is 7.08. The molecular formula is C50H33NO. The van der Waals surface area contributed by atoms with Crippen molar-refractivity contribution < 1.29 is 4.42 Å². The van der Waals surface area contributed by atoms with Crippen molar-refractivity contribution in [3.8, 4) is 33.4 Å². The number of benzene rings is 9. The number of hydrogen-bond donors (Lipinski definition) is 0. The molecular weight excluding hydrogens is 631 g/mol. The molecule has 2 heteroatoms. The number of fused-ring (bicyclic) bond motifs is 5. The Morgan fingerprint density at radius 1 is 0.308 bits per heavy atom. The highest BCUT2D eigenvalue weighted by molar-refractivity contribution is 6.13. The van der Waals surface area contributed by atoms with E-state index in [-0.39, 0.29) is 0 Å². The SMILES string of the molecule is c1ccc(-c2ccc(N(c3ccc4cc(-c5ccc6cc(-c7ccccc7)ccc6c5)ccc4c3)c3cccc4oc5ccccc5c34)cc2)cc1. The summed E-state index contributed by atoms with van der Waals surface area (Å²) < 4.78 is 6.34. The summed E-state index contributed by atoms with van der Waals surface area (Å²) in [6, 6.07) is 71.7. The second-order valence-corrected chi connectivity index (χ2v) is 13.4. The molecule has 52 heavy (non-hydrogen) atoms. The molecule has 10 rings (SSSR count). The van der Waals surface area contributed by atoms with Gasteiger partial charge in [0.15, 0.2) is 0 Å². The largest absolute Gasteiger partial charge is 0.456 e. The highest BCUT2D eigenvalue weighted by Gasteiger charge is 2.20. The summed E-state index contributed by atoms with van der Waals surface area (Å²) in [4.78, 5) is 2.36. The van der Waals surface area contributed by atoms with E-state index in [4.69, 9.17) is 4.42 Å². The van der Waals surface area contributed by atoms with Crippen LogP contribution in [0, 0.1) is 0 Å². The molecule has 0 N–H and O–H groups in total. The van der Waals surface area contributed by atoms with E-state index in [1.807, 2.05) is 12.1 Å². The highest BCUT2D eigenvalue weighted by atomic mass is 16.3. The van der Waals surface area contributed by atoms with Crippen molar-refractivity contribution in [2.75, 3.05) is 4.90 Å². The second kappa shape index (κ2) is 12.5. The molecule has 1 aromatic heterocycles. The van der Waals surface area contributed by atoms with Crippen LogP contribution in [0.15, 0.2) is 205 Å². The van der Waals surface area contributed by atoms with Crippen molar-refractivity contribution in [3.63, 3.8) is 0 Å². The van der Waals surface area contributed by atoms with Gasteiger partial charge in [-0.05, 0) is 116 Å². The molecule has 2 nitrogen and oxygen atoms in total. The summed E-state index contributed by atoms with van der Waals surface area (Å²) in [5.74, 6) is 0. The van der Waals surface area contributed by atoms with Crippen LogP contribution in [0.5, 0.6) is 0 Å². The zero-order chi connectivity index (χ0) is 34.4. The third-order valence-corrected chi connectivity index (χ3v) is 10.2. The van der Waals surface area contributed by atoms with Gasteiger partial charge in [0, 0.05) is 16.8 Å². The first kappa shape index (κ1) is 30.0. The maximum Gasteiger partial charge on any atom is 0.137 e. The van der Waals surface area contributed by atoms with Gasteiger partial charge in [-0.2, -0.15) is 0 Å². The number of nitrogens with zero attached hydrogens (tertiary/aromatic N) is 1. The lowest BCUT2D eigenvalue weighted by Gasteiger charge is -2.27. The van der Waals surface area contributed by atoms with Gasteiger partial charge in [-0.3, -0.25) is 0 Å². The maximum atomic E-state index is 6.34. The lowest BCUT2D eigenvalue weighted by molar-refractivity contribution is 0.669. The Morgan fingerprint density at radius 2 is 0.769 bits per heavy atom. The van der Waals surface area contributed by atoms with E-state index in [0.29, 0.717) is 0 Å². The molecule has 1 heterocycles. The molecule has 0 radical (unpaired) electrons. The standard InChI is InChI=1S/C50H33NO/c1-3-10-34(11-4-1)36-24-27-44(28-25-36)51(47-15-9-17-49-50(47)46-14-7-8-16-48(46)52-49)45-29-26-42-32-41(22-23-43(42)33-45)40-21-20-38-30-37(18-19-39(38)31-40)35-12-5-2-6-13-35/h1-33H. The van der Waals surface area contributed by atoms with Crippen molar-refractivity contribution in [1.82, 2.24) is 0 Å². The highest BCUT2D eigenvalue weighted by Crippen LogP contribution is 2.44. The Labute approximate surface area is 302 Å². The summed E-state index contributed by atoms with van der Waals surface area (Å²) >= 11 is 0. The zero-order valence-electron chi connectivity index (χ0n) is 28.4. The van der Waals surface area contributed by atoms with Gasteiger partial charge < -0.3 is 9.32 Å². The van der Waals surface area contributed by atoms with E-state index in [9.17, 15) is 0 Å². The second-order valence-electron chi connectivity index (χ2n) is 13.4. The first-order chi connectivity index (χ1) is 25.7. The Hall–Kier alpha value is -6.90. The van der Waals surface area contributed by atoms with E-state index in [1.54, 1.807) is 0 Å². The Balaban J connectivity index is 1.06. The van der Waals surface area contributed by atoms with Crippen LogP contribution in [0.2, 0.25) is 0 Å². The van der Waals surface area contributed by atoms with Gasteiger partial charge in [-0.1, -0.05) is 140 Å². The molecule has 244 valence electrons. The molecule has 0 aliphatic carbocycles. The molecule has 0 saturated carbocycles. The molecule has 0 aliphatic rings. The smallest absolute Gasteiger partial charge is 0.137 e. The quantitative estimate of drug-likeness (QED) is 0.176. The fourth-order valence-corrected chi connectivity index (χ4v) is 7.59. The van der Waals surface area contributed by atoms with Gasteiger partial charge in [-0.15, -0.1) is 0 Å². The van der Waals surface area contributed by atoms with Crippen LogP contribution < -0.4 is 4.90 Å². The fraction of sp³-hybridized carbons (Fsp3) is 0. The number of furan rings is 1. The predicted molar refractivity (Wildman–Crippen MR) is 220 cm³/mol. The molecule has 0 bridgehead atoms. The first-order valence-corrected chi connectivity index (χ1v) is 17.7. The minimum absolute atomic E-state index is 0.877. The topological polar surface area (TPSA) is 16.4 Å². The molecule has 0 spiro atoms. The van der Waals surface area contributed by atoms with Crippen molar-refractivity contribution >= 4 is 60.5 Å². The summed E-state index contributed by atoms with van der Waals surface area (Å²) in [7, 11) is 0. The Kier molecular flexibility index (Phi) is 7.18. The van der Waals surface area contributed by atoms with Gasteiger partial charge in [-0.25, -0.2) is 0 Å². The third-order valence-electron chi connectivity index (χ3n) is 10.2. The number of para-hydroxylation sites is 1. The van der Waals surface area contributed by atoms with Crippen molar-refractivity contribution in [3.05, 3.63) is 200 Å². The van der Waals surface area contributed by atoms with Gasteiger partial charge in [0.1, 0.15) is 11.2 Å². The lowest BCUT2D eigenvalue weighted by Crippen LogP contribution is -2.10. The predicted octanol–water partition coefficient (Wildman–Crippen LogP) is 14.4. The van der Waals surface area contributed by atoms with Gasteiger partial charge >= 0.3 is 0 Å². The van der Waals surface area contributed by atoms with Crippen molar-refractivity contribution in [2.45, 2.75) is 0 Å². The van der Waals surface area contributed by atoms with Crippen LogP contribution in [0.3, 0.4) is 0 Å².